The molecule has 0 amide bonds. The van der Waals surface area contributed by atoms with E-state index in [0.717, 1.165) is 24.2 Å². The van der Waals surface area contributed by atoms with Gasteiger partial charge in [-0.15, -0.1) is 0 Å². The Labute approximate surface area is 121 Å². The van der Waals surface area contributed by atoms with Crippen molar-refractivity contribution in [3.8, 4) is 0 Å². The van der Waals surface area contributed by atoms with E-state index in [2.05, 4.69) is 20.3 Å². The summed E-state index contributed by atoms with van der Waals surface area (Å²) < 4.78 is 3.24. The molecule has 0 aromatic carbocycles. The second kappa shape index (κ2) is 5.16. The topological polar surface area (TPSA) is 81.4 Å². The van der Waals surface area contributed by atoms with E-state index >= 15 is 0 Å². The number of aromatic nitrogens is 6. The van der Waals surface area contributed by atoms with E-state index < -0.39 is 0 Å². The van der Waals surface area contributed by atoms with Crippen molar-refractivity contribution in [1.29, 1.82) is 0 Å². The van der Waals surface area contributed by atoms with Crippen LogP contribution in [0.5, 0.6) is 0 Å². The van der Waals surface area contributed by atoms with Gasteiger partial charge < -0.3 is 0 Å². The predicted octanol–water partition coefficient (Wildman–Crippen LogP) is 1.10. The van der Waals surface area contributed by atoms with Crippen LogP contribution in [0, 0.1) is 13.8 Å². The van der Waals surface area contributed by atoms with E-state index in [-0.39, 0.29) is 5.56 Å². The number of fused-ring (bicyclic) bond motifs is 1. The van der Waals surface area contributed by atoms with Crippen molar-refractivity contribution in [1.82, 2.24) is 29.5 Å². The molecule has 1 N–H and O–H groups in total. The van der Waals surface area contributed by atoms with Gasteiger partial charge in [-0.25, -0.2) is 4.98 Å². The van der Waals surface area contributed by atoms with Crippen molar-refractivity contribution in [3.63, 3.8) is 0 Å². The molecule has 0 bridgehead atoms. The maximum absolute atomic E-state index is 12.3. The lowest BCUT2D eigenvalue weighted by Gasteiger charge is -2.05. The van der Waals surface area contributed by atoms with Crippen LogP contribution in [0.15, 0.2) is 17.3 Å². The molecule has 0 saturated carbocycles. The molecule has 0 unspecified atom stereocenters. The number of rotatable bonds is 4. The van der Waals surface area contributed by atoms with Gasteiger partial charge in [-0.2, -0.15) is 10.2 Å². The van der Waals surface area contributed by atoms with E-state index in [1.165, 1.54) is 5.56 Å². The van der Waals surface area contributed by atoms with Gasteiger partial charge in [0.25, 0.3) is 5.56 Å². The van der Waals surface area contributed by atoms with Gasteiger partial charge in [-0.1, -0.05) is 0 Å². The number of nitrogens with one attached hydrogen (secondary N) is 1. The third-order valence-corrected chi connectivity index (χ3v) is 3.72. The molecule has 0 spiro atoms. The van der Waals surface area contributed by atoms with Crippen LogP contribution in [-0.2, 0) is 20.0 Å². The fraction of sp³-hybridized carbons (Fsp3) is 0.429. The Balaban J connectivity index is 1.77. The Morgan fingerprint density at radius 3 is 2.86 bits per heavy atom. The highest BCUT2D eigenvalue weighted by molar-refractivity contribution is 5.71. The Morgan fingerprint density at radius 1 is 1.33 bits per heavy atom. The lowest BCUT2D eigenvalue weighted by Crippen LogP contribution is -2.21. The molecular weight excluding hydrogens is 268 g/mol. The van der Waals surface area contributed by atoms with Crippen molar-refractivity contribution in [3.05, 3.63) is 39.8 Å². The first-order chi connectivity index (χ1) is 10.1. The van der Waals surface area contributed by atoms with Gasteiger partial charge in [-0.05, 0) is 32.3 Å². The van der Waals surface area contributed by atoms with Crippen molar-refractivity contribution in [2.45, 2.75) is 33.2 Å². The summed E-state index contributed by atoms with van der Waals surface area (Å²) >= 11 is 0. The molecule has 0 aliphatic heterocycles. The minimum Gasteiger partial charge on any atom is -0.297 e. The lowest BCUT2D eigenvalue weighted by atomic mass is 10.1. The SMILES string of the molecule is Cc1n[nH]c(C)c1CCCn1cnc2cn(C)nc2c1=O. The fourth-order valence-electron chi connectivity index (χ4n) is 2.57. The quantitative estimate of drug-likeness (QED) is 0.778. The summed E-state index contributed by atoms with van der Waals surface area (Å²) in [6.45, 7) is 4.64. The van der Waals surface area contributed by atoms with E-state index in [0.29, 0.717) is 17.6 Å². The fourth-order valence-corrected chi connectivity index (χ4v) is 2.57. The van der Waals surface area contributed by atoms with E-state index in [1.807, 2.05) is 13.8 Å². The zero-order valence-corrected chi connectivity index (χ0v) is 12.4. The zero-order valence-electron chi connectivity index (χ0n) is 12.4. The number of aromatic amines is 1. The molecule has 0 fully saturated rings. The first-order valence-electron chi connectivity index (χ1n) is 6.95. The minimum atomic E-state index is -0.0822. The molecule has 0 aliphatic rings. The van der Waals surface area contributed by atoms with Gasteiger partial charge in [0.2, 0.25) is 0 Å². The summed E-state index contributed by atoms with van der Waals surface area (Å²) in [6, 6.07) is 0. The average Bonchev–Trinajstić information content (AvgIpc) is 2.98. The Kier molecular flexibility index (Phi) is 3.32. The van der Waals surface area contributed by atoms with Crippen LogP contribution in [0.25, 0.3) is 11.0 Å². The number of aryl methyl sites for hydroxylation is 4. The van der Waals surface area contributed by atoms with Gasteiger partial charge in [-0.3, -0.25) is 19.1 Å². The standard InChI is InChI=1S/C14H18N6O/c1-9-11(10(2)17-16-9)5-4-6-20-8-15-12-7-19(3)18-13(12)14(20)21/h7-8H,4-6H2,1-3H3,(H,16,17). The second-order valence-corrected chi connectivity index (χ2v) is 5.30. The highest BCUT2D eigenvalue weighted by Gasteiger charge is 2.09. The summed E-state index contributed by atoms with van der Waals surface area (Å²) in [5, 5.41) is 11.3. The second-order valence-electron chi connectivity index (χ2n) is 5.30. The molecule has 0 atom stereocenters. The molecule has 3 aromatic heterocycles. The first kappa shape index (κ1) is 13.5. The molecule has 7 heteroatoms. The Morgan fingerprint density at radius 2 is 2.14 bits per heavy atom. The Bertz CT molecular complexity index is 821. The number of hydrogen-bond acceptors (Lipinski definition) is 4. The molecule has 3 aromatic rings. The maximum Gasteiger partial charge on any atom is 0.281 e. The van der Waals surface area contributed by atoms with Crippen LogP contribution >= 0.6 is 0 Å². The highest BCUT2D eigenvalue weighted by atomic mass is 16.1. The summed E-state index contributed by atoms with van der Waals surface area (Å²) in [7, 11) is 1.79. The third kappa shape index (κ3) is 2.46. The van der Waals surface area contributed by atoms with E-state index in [1.54, 1.807) is 28.8 Å². The zero-order chi connectivity index (χ0) is 15.0. The molecular formula is C14H18N6O. The molecule has 0 radical (unpaired) electrons. The van der Waals surface area contributed by atoms with Crippen molar-refractivity contribution >= 4 is 11.0 Å². The van der Waals surface area contributed by atoms with Gasteiger partial charge in [0.1, 0.15) is 5.52 Å². The lowest BCUT2D eigenvalue weighted by molar-refractivity contribution is 0.614. The van der Waals surface area contributed by atoms with Crippen LogP contribution in [0.3, 0.4) is 0 Å². The summed E-state index contributed by atoms with van der Waals surface area (Å²) in [4.78, 5) is 16.6. The summed E-state index contributed by atoms with van der Waals surface area (Å²) in [5.41, 5.74) is 4.34. The van der Waals surface area contributed by atoms with E-state index in [9.17, 15) is 4.79 Å². The predicted molar refractivity (Wildman–Crippen MR) is 79.2 cm³/mol. The van der Waals surface area contributed by atoms with Gasteiger partial charge in [0.05, 0.1) is 18.2 Å². The van der Waals surface area contributed by atoms with Crippen LogP contribution < -0.4 is 5.56 Å². The van der Waals surface area contributed by atoms with E-state index in [4.69, 9.17) is 0 Å². The first-order valence-corrected chi connectivity index (χ1v) is 6.95. The maximum atomic E-state index is 12.3. The molecule has 0 saturated heterocycles. The molecule has 110 valence electrons. The van der Waals surface area contributed by atoms with Crippen LogP contribution in [0.4, 0.5) is 0 Å². The molecule has 3 rings (SSSR count). The van der Waals surface area contributed by atoms with Crippen LogP contribution in [0.1, 0.15) is 23.4 Å². The van der Waals surface area contributed by atoms with Crippen LogP contribution in [-0.4, -0.2) is 29.5 Å². The number of nitrogens with zero attached hydrogens (tertiary/aromatic N) is 5. The average molecular weight is 286 g/mol. The minimum absolute atomic E-state index is 0.0822. The summed E-state index contributed by atoms with van der Waals surface area (Å²) in [5.74, 6) is 0. The molecule has 7 nitrogen and oxygen atoms in total. The van der Waals surface area contributed by atoms with Crippen molar-refractivity contribution in [2.24, 2.45) is 7.05 Å². The number of H-pyrrole nitrogens is 1. The summed E-state index contributed by atoms with van der Waals surface area (Å²) in [6.07, 6.45) is 5.10. The third-order valence-electron chi connectivity index (χ3n) is 3.72. The normalized spacial score (nSPS) is 11.4. The van der Waals surface area contributed by atoms with Crippen LogP contribution in [0.2, 0.25) is 0 Å². The molecule has 21 heavy (non-hydrogen) atoms. The van der Waals surface area contributed by atoms with Gasteiger partial charge >= 0.3 is 0 Å². The van der Waals surface area contributed by atoms with Gasteiger partial charge in [0.15, 0.2) is 5.52 Å². The van der Waals surface area contributed by atoms with Crippen molar-refractivity contribution < 1.29 is 0 Å². The smallest absolute Gasteiger partial charge is 0.281 e. The largest absolute Gasteiger partial charge is 0.297 e. The number of hydrogen-bond donors (Lipinski definition) is 1. The molecule has 0 aliphatic carbocycles. The highest BCUT2D eigenvalue weighted by Crippen LogP contribution is 2.12. The molecule has 3 heterocycles. The Hall–Kier alpha value is -2.44. The van der Waals surface area contributed by atoms with Crippen molar-refractivity contribution in [2.75, 3.05) is 0 Å². The van der Waals surface area contributed by atoms with Gasteiger partial charge in [0, 0.05) is 19.3 Å². The monoisotopic (exact) mass is 286 g/mol.